The molecule has 1 aliphatic heterocycles. The Balaban J connectivity index is 2.00. The zero-order valence-corrected chi connectivity index (χ0v) is 20.9. The minimum atomic E-state index is -0.503. The Hall–Kier alpha value is -3.24. The first-order chi connectivity index (χ1) is 17.0. The molecule has 0 amide bonds. The van der Waals surface area contributed by atoms with E-state index in [9.17, 15) is 4.91 Å². The SMILES string of the molecule is CNC[C@@H](COc1cc(OC)cc(-c2cc(NC3CCOCC3)c(C=N)c(NC(C)C)n2)c1)N=O. The van der Waals surface area contributed by atoms with E-state index in [-0.39, 0.29) is 18.7 Å². The zero-order chi connectivity index (χ0) is 25.2. The van der Waals surface area contributed by atoms with Crippen molar-refractivity contribution in [1.29, 1.82) is 5.41 Å². The van der Waals surface area contributed by atoms with Crippen molar-refractivity contribution < 1.29 is 14.2 Å². The molecule has 1 aromatic carbocycles. The highest BCUT2D eigenvalue weighted by Gasteiger charge is 2.19. The molecule has 1 saturated heterocycles. The molecule has 2 aromatic rings. The number of methoxy groups -OCH3 is 1. The number of hydrogen-bond acceptors (Lipinski definition) is 10. The number of likely N-dealkylation sites (N-methyl/N-ethyl adjacent to an activating group) is 1. The van der Waals surface area contributed by atoms with Crippen LogP contribution in [0.25, 0.3) is 11.3 Å². The molecule has 10 nitrogen and oxygen atoms in total. The van der Waals surface area contributed by atoms with E-state index < -0.39 is 6.04 Å². The molecule has 1 atom stereocenters. The third kappa shape index (κ3) is 7.37. The predicted molar refractivity (Wildman–Crippen MR) is 139 cm³/mol. The second kappa shape index (κ2) is 13.0. The van der Waals surface area contributed by atoms with Gasteiger partial charge >= 0.3 is 0 Å². The van der Waals surface area contributed by atoms with Crippen LogP contribution in [0.4, 0.5) is 11.5 Å². The first-order valence-electron chi connectivity index (χ1n) is 11.9. The summed E-state index contributed by atoms with van der Waals surface area (Å²) in [6.07, 6.45) is 3.13. The van der Waals surface area contributed by atoms with E-state index in [2.05, 4.69) is 21.1 Å². The lowest BCUT2D eigenvalue weighted by Crippen LogP contribution is -2.28. The largest absolute Gasteiger partial charge is 0.497 e. The highest BCUT2D eigenvalue weighted by molar-refractivity contribution is 5.94. The maximum atomic E-state index is 11.1. The van der Waals surface area contributed by atoms with Crippen molar-refractivity contribution in [3.63, 3.8) is 0 Å². The summed E-state index contributed by atoms with van der Waals surface area (Å²) in [4.78, 5) is 15.9. The van der Waals surface area contributed by atoms with Gasteiger partial charge in [-0.05, 0) is 51.9 Å². The standard InChI is InChI=1S/C25H36N6O4/c1-16(2)28-25-22(13-26)24(29-18-5-7-34-8-6-18)12-23(30-25)17-9-20(33-4)11-21(10-17)35-15-19(31-32)14-27-3/h9-13,16,18-19,26-27H,5-8,14-15H2,1-4H3,(H2,28,29,30)/t19-/m0/s1. The Labute approximate surface area is 206 Å². The number of nitroso groups, excluding NO2 is 1. The number of hydrogen-bond donors (Lipinski definition) is 4. The predicted octanol–water partition coefficient (Wildman–Crippen LogP) is 3.90. The van der Waals surface area contributed by atoms with Crippen molar-refractivity contribution in [3.8, 4) is 22.8 Å². The van der Waals surface area contributed by atoms with Crippen molar-refractivity contribution in [3.05, 3.63) is 34.7 Å². The number of pyridine rings is 1. The van der Waals surface area contributed by atoms with Crippen molar-refractivity contribution in [2.75, 3.05) is 51.2 Å². The van der Waals surface area contributed by atoms with E-state index in [1.54, 1.807) is 20.2 Å². The molecule has 0 unspecified atom stereocenters. The van der Waals surface area contributed by atoms with Gasteiger partial charge in [-0.2, -0.15) is 4.91 Å². The molecule has 0 radical (unpaired) electrons. The molecular formula is C25H36N6O4. The Bertz CT molecular complexity index is 994. The van der Waals surface area contributed by atoms with E-state index >= 15 is 0 Å². The number of aromatic nitrogens is 1. The Morgan fingerprint density at radius 3 is 2.60 bits per heavy atom. The van der Waals surface area contributed by atoms with Crippen LogP contribution in [0.15, 0.2) is 29.4 Å². The normalized spacial score (nSPS) is 14.9. The quantitative estimate of drug-likeness (QED) is 0.249. The van der Waals surface area contributed by atoms with Crippen molar-refractivity contribution in [2.24, 2.45) is 5.18 Å². The number of benzene rings is 1. The van der Waals surface area contributed by atoms with Gasteiger partial charge in [-0.3, -0.25) is 0 Å². The number of nitrogens with one attached hydrogen (secondary N) is 4. The van der Waals surface area contributed by atoms with Gasteiger partial charge < -0.3 is 35.6 Å². The van der Waals surface area contributed by atoms with Crippen molar-refractivity contribution in [1.82, 2.24) is 10.3 Å². The molecule has 4 N–H and O–H groups in total. The third-order valence-electron chi connectivity index (χ3n) is 5.65. The fraction of sp³-hybridized carbons (Fsp3) is 0.520. The van der Waals surface area contributed by atoms with E-state index in [1.165, 1.54) is 6.21 Å². The van der Waals surface area contributed by atoms with Crippen LogP contribution < -0.4 is 25.4 Å². The maximum Gasteiger partial charge on any atom is 0.138 e. The van der Waals surface area contributed by atoms with Gasteiger partial charge in [0.1, 0.15) is 30.0 Å². The van der Waals surface area contributed by atoms with Gasteiger partial charge in [0.15, 0.2) is 0 Å². The first-order valence-corrected chi connectivity index (χ1v) is 11.9. The highest BCUT2D eigenvalue weighted by Crippen LogP contribution is 2.34. The van der Waals surface area contributed by atoms with Crippen LogP contribution in [0.2, 0.25) is 0 Å². The summed E-state index contributed by atoms with van der Waals surface area (Å²) in [6, 6.07) is 7.37. The Morgan fingerprint density at radius 1 is 1.23 bits per heavy atom. The van der Waals surface area contributed by atoms with Gasteiger partial charge in [-0.15, -0.1) is 0 Å². The molecular weight excluding hydrogens is 448 g/mol. The Morgan fingerprint density at radius 2 is 1.97 bits per heavy atom. The number of nitrogens with zero attached hydrogens (tertiary/aromatic N) is 2. The van der Waals surface area contributed by atoms with Gasteiger partial charge in [0.2, 0.25) is 0 Å². The van der Waals surface area contributed by atoms with Gasteiger partial charge in [-0.25, -0.2) is 4.98 Å². The fourth-order valence-electron chi connectivity index (χ4n) is 3.89. The van der Waals surface area contributed by atoms with Gasteiger partial charge in [0.25, 0.3) is 0 Å². The molecule has 0 spiro atoms. The third-order valence-corrected chi connectivity index (χ3v) is 5.65. The van der Waals surface area contributed by atoms with Crippen LogP contribution in [-0.4, -0.2) is 69.8 Å². The molecule has 190 valence electrons. The lowest BCUT2D eigenvalue weighted by atomic mass is 10.0. The summed E-state index contributed by atoms with van der Waals surface area (Å²) in [6.45, 7) is 6.08. The maximum absolute atomic E-state index is 11.1. The number of rotatable bonds is 13. The van der Waals surface area contributed by atoms with Crippen LogP contribution in [0.5, 0.6) is 11.5 Å². The molecule has 1 aliphatic rings. The molecule has 3 rings (SSSR count). The van der Waals surface area contributed by atoms with Crippen LogP contribution in [0.3, 0.4) is 0 Å². The van der Waals surface area contributed by atoms with Gasteiger partial charge in [0.05, 0.1) is 18.4 Å². The molecule has 0 bridgehead atoms. The summed E-state index contributed by atoms with van der Waals surface area (Å²) in [7, 11) is 3.36. The molecule has 2 heterocycles. The highest BCUT2D eigenvalue weighted by atomic mass is 16.5. The molecule has 1 aromatic heterocycles. The Kier molecular flexibility index (Phi) is 9.80. The molecule has 0 saturated carbocycles. The number of anilines is 2. The van der Waals surface area contributed by atoms with Crippen LogP contribution in [0, 0.1) is 10.3 Å². The summed E-state index contributed by atoms with van der Waals surface area (Å²) >= 11 is 0. The van der Waals surface area contributed by atoms with Gasteiger partial charge in [-0.1, -0.05) is 5.18 Å². The summed E-state index contributed by atoms with van der Waals surface area (Å²) < 4.78 is 16.9. The zero-order valence-electron chi connectivity index (χ0n) is 20.9. The smallest absolute Gasteiger partial charge is 0.138 e. The lowest BCUT2D eigenvalue weighted by molar-refractivity contribution is 0.0904. The second-order valence-corrected chi connectivity index (χ2v) is 8.82. The summed E-state index contributed by atoms with van der Waals surface area (Å²) in [5, 5.41) is 21.1. The van der Waals surface area contributed by atoms with Crippen LogP contribution >= 0.6 is 0 Å². The van der Waals surface area contributed by atoms with E-state index in [0.29, 0.717) is 48.3 Å². The summed E-state index contributed by atoms with van der Waals surface area (Å²) in [5.74, 6) is 1.79. The van der Waals surface area contributed by atoms with Crippen LogP contribution in [-0.2, 0) is 4.74 Å². The average molecular weight is 485 g/mol. The van der Waals surface area contributed by atoms with Crippen molar-refractivity contribution >= 4 is 17.7 Å². The monoisotopic (exact) mass is 484 g/mol. The van der Waals surface area contributed by atoms with E-state index in [0.717, 1.165) is 24.1 Å². The summed E-state index contributed by atoms with van der Waals surface area (Å²) in [5.41, 5.74) is 3.05. The first kappa shape index (κ1) is 26.4. The molecule has 10 heteroatoms. The van der Waals surface area contributed by atoms with E-state index in [1.807, 2.05) is 32.0 Å². The molecule has 1 fully saturated rings. The molecule has 0 aliphatic carbocycles. The van der Waals surface area contributed by atoms with E-state index in [4.69, 9.17) is 24.6 Å². The van der Waals surface area contributed by atoms with Crippen molar-refractivity contribution in [2.45, 2.75) is 44.8 Å². The fourth-order valence-corrected chi connectivity index (χ4v) is 3.89. The van der Waals surface area contributed by atoms with Gasteiger partial charge in [0, 0.05) is 55.4 Å². The minimum Gasteiger partial charge on any atom is -0.497 e. The minimum absolute atomic E-state index is 0.136. The van der Waals surface area contributed by atoms with Crippen LogP contribution in [0.1, 0.15) is 32.3 Å². The molecule has 35 heavy (non-hydrogen) atoms. The second-order valence-electron chi connectivity index (χ2n) is 8.82. The lowest BCUT2D eigenvalue weighted by Gasteiger charge is -2.26. The average Bonchev–Trinajstić information content (AvgIpc) is 2.86. The number of ether oxygens (including phenoxy) is 3. The topological polar surface area (TPSA) is 130 Å².